The second-order valence-corrected chi connectivity index (χ2v) is 9.01. The number of sulfonamides is 1. The lowest BCUT2D eigenvalue weighted by Gasteiger charge is -2.18. The number of amides is 1. The van der Waals surface area contributed by atoms with Gasteiger partial charge in [-0.15, -0.1) is 0 Å². The van der Waals surface area contributed by atoms with Crippen molar-refractivity contribution in [2.45, 2.75) is 25.7 Å². The Labute approximate surface area is 169 Å². The normalized spacial score (nSPS) is 11.8. The van der Waals surface area contributed by atoms with E-state index in [1.807, 2.05) is 26.8 Å². The summed E-state index contributed by atoms with van der Waals surface area (Å²) in [5.41, 5.74) is 3.39. The number of fused-ring (bicyclic) bond motifs is 1. The van der Waals surface area contributed by atoms with Gasteiger partial charge in [0.2, 0.25) is 15.9 Å². The molecule has 0 bridgehead atoms. The fourth-order valence-corrected chi connectivity index (χ4v) is 4.51. The summed E-state index contributed by atoms with van der Waals surface area (Å²) in [5.74, 6) is 0.267. The van der Waals surface area contributed by atoms with E-state index >= 15 is 0 Å². The molecule has 0 fully saturated rings. The largest absolute Gasteiger partial charge is 0.496 e. The van der Waals surface area contributed by atoms with Crippen LogP contribution in [-0.2, 0) is 14.8 Å². The molecule has 1 heterocycles. The highest BCUT2D eigenvalue weighted by Gasteiger charge is 2.27. The standard InChI is InChI=1S/C20H24N4O4S/c1-12-8-16-14(3)22-23-20(16)18(9-12)29(26,27)24(4)11-19(25)21-15-6-7-17(28-5)13(2)10-15/h6-10H,11H2,1-5H3,(H,21,25)(H,22,23). The zero-order valence-corrected chi connectivity index (χ0v) is 17.8. The van der Waals surface area contributed by atoms with Crippen molar-refractivity contribution in [3.63, 3.8) is 0 Å². The van der Waals surface area contributed by atoms with Crippen molar-refractivity contribution in [2.24, 2.45) is 0 Å². The highest BCUT2D eigenvalue weighted by atomic mass is 32.2. The van der Waals surface area contributed by atoms with Gasteiger partial charge in [0.25, 0.3) is 0 Å². The lowest BCUT2D eigenvalue weighted by atomic mass is 10.1. The van der Waals surface area contributed by atoms with Gasteiger partial charge in [0.05, 0.1) is 13.7 Å². The first-order valence-corrected chi connectivity index (χ1v) is 10.4. The summed E-state index contributed by atoms with van der Waals surface area (Å²) in [5, 5.41) is 10.4. The van der Waals surface area contributed by atoms with Gasteiger partial charge in [-0.05, 0) is 62.2 Å². The van der Waals surface area contributed by atoms with Crippen LogP contribution in [0, 0.1) is 20.8 Å². The number of carbonyl (C=O) groups excluding carboxylic acids is 1. The van der Waals surface area contributed by atoms with Crippen LogP contribution >= 0.6 is 0 Å². The van der Waals surface area contributed by atoms with E-state index in [-0.39, 0.29) is 11.4 Å². The monoisotopic (exact) mass is 416 g/mol. The Bertz CT molecular complexity index is 1180. The van der Waals surface area contributed by atoms with Crippen molar-refractivity contribution >= 4 is 32.5 Å². The fraction of sp³-hybridized carbons (Fsp3) is 0.300. The molecule has 0 radical (unpaired) electrons. The van der Waals surface area contributed by atoms with Crippen LogP contribution in [0.4, 0.5) is 5.69 Å². The van der Waals surface area contributed by atoms with E-state index in [4.69, 9.17) is 4.74 Å². The number of anilines is 1. The third kappa shape index (κ3) is 4.10. The van der Waals surface area contributed by atoms with Crippen LogP contribution in [0.2, 0.25) is 0 Å². The Morgan fingerprint density at radius 1 is 1.21 bits per heavy atom. The number of aromatic amines is 1. The molecule has 1 amide bonds. The van der Waals surface area contributed by atoms with E-state index < -0.39 is 15.9 Å². The molecule has 8 nitrogen and oxygen atoms in total. The molecule has 0 saturated carbocycles. The molecule has 2 N–H and O–H groups in total. The first-order valence-electron chi connectivity index (χ1n) is 8.99. The summed E-state index contributed by atoms with van der Waals surface area (Å²) in [6.45, 7) is 5.19. The number of rotatable bonds is 6. The van der Waals surface area contributed by atoms with Crippen molar-refractivity contribution in [1.29, 1.82) is 0 Å². The maximum Gasteiger partial charge on any atom is 0.245 e. The van der Waals surface area contributed by atoms with E-state index in [2.05, 4.69) is 15.5 Å². The molecular weight excluding hydrogens is 392 g/mol. The molecule has 0 saturated heterocycles. The zero-order chi connectivity index (χ0) is 21.3. The van der Waals surface area contributed by atoms with Gasteiger partial charge in [0, 0.05) is 23.8 Å². The third-order valence-corrected chi connectivity index (χ3v) is 6.51. The van der Waals surface area contributed by atoms with E-state index in [0.717, 1.165) is 26.5 Å². The van der Waals surface area contributed by atoms with Gasteiger partial charge in [0.1, 0.15) is 16.2 Å². The van der Waals surface area contributed by atoms with Crippen LogP contribution in [0.15, 0.2) is 35.2 Å². The number of hydrogen-bond donors (Lipinski definition) is 2. The van der Waals surface area contributed by atoms with Crippen LogP contribution in [0.1, 0.15) is 16.8 Å². The fourth-order valence-electron chi connectivity index (χ4n) is 3.16. The molecule has 3 rings (SSSR count). The summed E-state index contributed by atoms with van der Waals surface area (Å²) >= 11 is 0. The minimum absolute atomic E-state index is 0.0763. The summed E-state index contributed by atoms with van der Waals surface area (Å²) in [7, 11) is -0.961. The maximum absolute atomic E-state index is 13.1. The van der Waals surface area contributed by atoms with Gasteiger partial charge in [-0.2, -0.15) is 9.40 Å². The summed E-state index contributed by atoms with van der Waals surface area (Å²) < 4.78 is 32.4. The van der Waals surface area contributed by atoms with Crippen molar-refractivity contribution in [3.05, 3.63) is 47.2 Å². The maximum atomic E-state index is 13.1. The molecule has 0 atom stereocenters. The molecule has 154 valence electrons. The molecule has 1 aromatic heterocycles. The van der Waals surface area contributed by atoms with Gasteiger partial charge in [-0.3, -0.25) is 9.89 Å². The average Bonchev–Trinajstić information content (AvgIpc) is 3.01. The third-order valence-electron chi connectivity index (χ3n) is 4.69. The molecule has 3 aromatic rings. The Morgan fingerprint density at radius 2 is 1.93 bits per heavy atom. The summed E-state index contributed by atoms with van der Waals surface area (Å²) in [6, 6.07) is 8.66. The van der Waals surface area contributed by atoms with Crippen molar-refractivity contribution in [1.82, 2.24) is 14.5 Å². The number of benzene rings is 2. The molecule has 0 aliphatic carbocycles. The molecule has 0 unspecified atom stereocenters. The number of nitrogens with one attached hydrogen (secondary N) is 2. The molecular formula is C20H24N4O4S. The number of carbonyl (C=O) groups is 1. The van der Waals surface area contributed by atoms with Crippen molar-refractivity contribution in [2.75, 3.05) is 26.0 Å². The van der Waals surface area contributed by atoms with Gasteiger partial charge in [-0.25, -0.2) is 8.42 Å². The average molecular weight is 417 g/mol. The number of aromatic nitrogens is 2. The SMILES string of the molecule is COc1ccc(NC(=O)CN(C)S(=O)(=O)c2cc(C)cc3c(C)[nH]nc23)cc1C. The molecule has 0 aliphatic rings. The second-order valence-electron chi connectivity index (χ2n) is 7.00. The van der Waals surface area contributed by atoms with Crippen LogP contribution in [0.5, 0.6) is 5.75 Å². The molecule has 29 heavy (non-hydrogen) atoms. The summed E-state index contributed by atoms with van der Waals surface area (Å²) in [6.07, 6.45) is 0. The number of likely N-dealkylation sites (N-methyl/N-ethyl adjacent to an activating group) is 1. The number of H-pyrrole nitrogens is 1. The number of methoxy groups -OCH3 is 1. The molecule has 9 heteroatoms. The number of nitrogens with zero attached hydrogens (tertiary/aromatic N) is 2. The number of hydrogen-bond acceptors (Lipinski definition) is 5. The first-order chi connectivity index (χ1) is 13.6. The van der Waals surface area contributed by atoms with Crippen LogP contribution in [0.3, 0.4) is 0 Å². The lowest BCUT2D eigenvalue weighted by molar-refractivity contribution is -0.116. The first kappa shape index (κ1) is 20.8. The van der Waals surface area contributed by atoms with E-state index in [1.165, 1.54) is 7.05 Å². The highest BCUT2D eigenvalue weighted by molar-refractivity contribution is 7.89. The highest BCUT2D eigenvalue weighted by Crippen LogP contribution is 2.27. The Balaban J connectivity index is 1.82. The summed E-state index contributed by atoms with van der Waals surface area (Å²) in [4.78, 5) is 12.5. The zero-order valence-electron chi connectivity index (χ0n) is 17.0. The van der Waals surface area contributed by atoms with E-state index in [0.29, 0.717) is 17.0 Å². The van der Waals surface area contributed by atoms with Crippen LogP contribution in [-0.4, -0.2) is 49.5 Å². The lowest BCUT2D eigenvalue weighted by Crippen LogP contribution is -2.35. The Morgan fingerprint density at radius 3 is 2.59 bits per heavy atom. The minimum Gasteiger partial charge on any atom is -0.496 e. The number of aryl methyl sites for hydroxylation is 3. The van der Waals surface area contributed by atoms with E-state index in [1.54, 1.807) is 31.4 Å². The Kier molecular flexibility index (Phi) is 5.63. The minimum atomic E-state index is -3.91. The smallest absolute Gasteiger partial charge is 0.245 e. The van der Waals surface area contributed by atoms with Crippen molar-refractivity contribution in [3.8, 4) is 5.75 Å². The molecule has 2 aromatic carbocycles. The quantitative estimate of drug-likeness (QED) is 0.643. The van der Waals surface area contributed by atoms with Crippen molar-refractivity contribution < 1.29 is 17.9 Å². The predicted molar refractivity (Wildman–Crippen MR) is 112 cm³/mol. The number of ether oxygens (including phenoxy) is 1. The Hall–Kier alpha value is -2.91. The van der Waals surface area contributed by atoms with Crippen LogP contribution in [0.25, 0.3) is 10.9 Å². The van der Waals surface area contributed by atoms with Crippen LogP contribution < -0.4 is 10.1 Å². The van der Waals surface area contributed by atoms with Gasteiger partial charge in [-0.1, -0.05) is 0 Å². The molecule has 0 aliphatic heterocycles. The topological polar surface area (TPSA) is 104 Å². The van der Waals surface area contributed by atoms with Gasteiger partial charge >= 0.3 is 0 Å². The van der Waals surface area contributed by atoms with Gasteiger partial charge < -0.3 is 10.1 Å². The second kappa shape index (κ2) is 7.84. The molecule has 0 spiro atoms. The predicted octanol–water partition coefficient (Wildman–Crippen LogP) is 2.76. The van der Waals surface area contributed by atoms with Gasteiger partial charge in [0.15, 0.2) is 0 Å². The van der Waals surface area contributed by atoms with E-state index in [9.17, 15) is 13.2 Å².